The summed E-state index contributed by atoms with van der Waals surface area (Å²) in [7, 11) is 0. The van der Waals surface area contributed by atoms with Gasteiger partial charge in [-0.2, -0.15) is 0 Å². The average molecular weight is 472 g/mol. The van der Waals surface area contributed by atoms with E-state index in [0.29, 0.717) is 11.1 Å². The van der Waals surface area contributed by atoms with Crippen LogP contribution in [0, 0.1) is 23.4 Å². The Hall–Kier alpha value is -3.14. The zero-order chi connectivity index (χ0) is 24.6. The minimum absolute atomic E-state index is 0.171. The van der Waals surface area contributed by atoms with Gasteiger partial charge in [-0.05, 0) is 48.4 Å². The van der Waals surface area contributed by atoms with Crippen molar-refractivity contribution in [1.82, 2.24) is 9.97 Å². The van der Waals surface area contributed by atoms with Gasteiger partial charge < -0.3 is 14.9 Å². The molecule has 6 nitrogen and oxygen atoms in total. The molecule has 0 aliphatic carbocycles. The first-order valence-corrected chi connectivity index (χ1v) is 10.8. The molecule has 178 valence electrons. The highest BCUT2D eigenvalue weighted by Gasteiger charge is 2.41. The largest absolute Gasteiger partial charge is 0.390 e. The van der Waals surface area contributed by atoms with Gasteiger partial charge in [-0.3, -0.25) is 9.78 Å². The molecule has 0 amide bonds. The number of carbonyl (C=O) groups excluding carboxylic acids is 1. The number of halogens is 3. The fourth-order valence-corrected chi connectivity index (χ4v) is 4.18. The van der Waals surface area contributed by atoms with Gasteiger partial charge in [0.2, 0.25) is 0 Å². The lowest BCUT2D eigenvalue weighted by Crippen LogP contribution is -2.49. The highest BCUT2D eigenvalue weighted by Crippen LogP contribution is 2.38. The van der Waals surface area contributed by atoms with Crippen molar-refractivity contribution < 1.29 is 32.9 Å². The molecule has 2 N–H and O–H groups in total. The van der Waals surface area contributed by atoms with Crippen molar-refractivity contribution in [2.24, 2.45) is 5.92 Å². The number of aromatic nitrogens is 2. The average Bonchev–Trinajstić information content (AvgIpc) is 2.81. The van der Waals surface area contributed by atoms with E-state index in [9.17, 15) is 28.2 Å². The number of nitrogens with zero attached hydrogens (tertiary/aromatic N) is 2. The van der Waals surface area contributed by atoms with Gasteiger partial charge in [-0.25, -0.2) is 18.2 Å². The van der Waals surface area contributed by atoms with E-state index in [1.54, 1.807) is 19.9 Å². The highest BCUT2D eigenvalue weighted by atomic mass is 19.1. The lowest BCUT2D eigenvalue weighted by atomic mass is 9.83. The van der Waals surface area contributed by atoms with Gasteiger partial charge in [0.25, 0.3) is 0 Å². The van der Waals surface area contributed by atoms with E-state index in [1.807, 2.05) is 0 Å². The van der Waals surface area contributed by atoms with Crippen molar-refractivity contribution >= 4 is 5.78 Å². The summed E-state index contributed by atoms with van der Waals surface area (Å²) < 4.78 is 48.7. The molecule has 0 bridgehead atoms. The van der Waals surface area contributed by atoms with Gasteiger partial charge >= 0.3 is 0 Å². The smallest absolute Gasteiger partial charge is 0.185 e. The Morgan fingerprint density at radius 2 is 1.71 bits per heavy atom. The van der Waals surface area contributed by atoms with Crippen LogP contribution in [0.1, 0.15) is 41.6 Å². The molecule has 3 heterocycles. The first-order chi connectivity index (χ1) is 16.2. The fraction of sp³-hybridized carbons (Fsp3) is 0.320. The number of Topliss-reactive ketones (excluding diaryl/α,β-unsaturated/α-hetero) is 1. The zero-order valence-corrected chi connectivity index (χ0v) is 18.5. The van der Waals surface area contributed by atoms with Crippen LogP contribution in [0.15, 0.2) is 48.8 Å². The van der Waals surface area contributed by atoms with E-state index in [2.05, 4.69) is 9.97 Å². The summed E-state index contributed by atoms with van der Waals surface area (Å²) in [4.78, 5) is 21.0. The summed E-state index contributed by atoms with van der Waals surface area (Å²) in [5.74, 6) is -3.95. The van der Waals surface area contributed by atoms with Gasteiger partial charge in [0.1, 0.15) is 34.9 Å². The monoisotopic (exact) mass is 472 g/mol. The Balaban J connectivity index is 1.65. The number of ketones is 1. The third kappa shape index (κ3) is 4.46. The Morgan fingerprint density at radius 3 is 2.41 bits per heavy atom. The van der Waals surface area contributed by atoms with Crippen LogP contribution in [0.25, 0.3) is 11.3 Å². The van der Waals surface area contributed by atoms with Gasteiger partial charge in [-0.1, -0.05) is 13.0 Å². The van der Waals surface area contributed by atoms with Gasteiger partial charge in [0.15, 0.2) is 5.78 Å². The molecule has 2 aromatic heterocycles. The number of benzene rings is 1. The number of ether oxygens (including phenoxy) is 1. The minimum atomic E-state index is -1.04. The number of rotatable bonds is 5. The van der Waals surface area contributed by atoms with Gasteiger partial charge in [0.05, 0.1) is 23.9 Å². The number of aliphatic hydroxyl groups is 2. The van der Waals surface area contributed by atoms with Gasteiger partial charge in [0, 0.05) is 24.7 Å². The number of hydrogen-bond acceptors (Lipinski definition) is 6. The number of aliphatic hydroxyl groups excluding tert-OH is 2. The number of hydrogen-bond donors (Lipinski definition) is 2. The molecule has 1 aromatic carbocycles. The third-order valence-electron chi connectivity index (χ3n) is 6.14. The predicted molar refractivity (Wildman–Crippen MR) is 116 cm³/mol. The standard InChI is InChI=1S/C25H23F3N2O4/c1-12-23(32)24(33)13(2)34-25(12)15-8-9-29-11-14(15)10-20(31)19-7-6-18(28)22(30-19)21-16(26)4-3-5-17(21)27/h3-9,11-13,23-25,32-33H,10H2,1-2H3/t12-,13+,23+,24-,25+/m0/s1. The Bertz CT molecular complexity index is 1200. The molecule has 1 aliphatic rings. The van der Waals surface area contributed by atoms with Crippen molar-refractivity contribution in [3.05, 3.63) is 83.1 Å². The first kappa shape index (κ1) is 24.0. The summed E-state index contributed by atoms with van der Waals surface area (Å²) in [6, 6.07) is 6.87. The summed E-state index contributed by atoms with van der Waals surface area (Å²) in [5, 5.41) is 20.5. The SMILES string of the molecule is C[C@H]1[C@@H](O)[C@@H](O)[C@@H](C)O[C@H]1c1ccncc1CC(=O)c1ccc(F)c(-c2c(F)cccc2F)n1. The van der Waals surface area contributed by atoms with Gasteiger partial charge in [-0.15, -0.1) is 0 Å². The maximum Gasteiger partial charge on any atom is 0.185 e. The van der Waals surface area contributed by atoms with E-state index in [0.717, 1.165) is 30.3 Å². The Morgan fingerprint density at radius 1 is 1.00 bits per heavy atom. The van der Waals surface area contributed by atoms with E-state index in [1.165, 1.54) is 12.4 Å². The molecule has 0 radical (unpaired) electrons. The van der Waals surface area contributed by atoms with Crippen LogP contribution in [0.3, 0.4) is 0 Å². The van der Waals surface area contributed by atoms with E-state index in [-0.39, 0.29) is 12.1 Å². The van der Waals surface area contributed by atoms with Crippen LogP contribution < -0.4 is 0 Å². The molecule has 0 spiro atoms. The number of carbonyl (C=O) groups is 1. The molecule has 4 rings (SSSR count). The summed E-state index contributed by atoms with van der Waals surface area (Å²) in [5.41, 5.74) is -0.318. The van der Waals surface area contributed by atoms with Crippen LogP contribution in [-0.4, -0.2) is 44.3 Å². The van der Waals surface area contributed by atoms with Crippen molar-refractivity contribution in [2.45, 2.75) is 44.7 Å². The Kier molecular flexibility index (Phi) is 6.79. The summed E-state index contributed by atoms with van der Waals surface area (Å²) in [6.45, 7) is 3.37. The molecule has 9 heteroatoms. The van der Waals surface area contributed by atoms with E-state index < -0.39 is 64.8 Å². The molecule has 3 aromatic rings. The lowest BCUT2D eigenvalue weighted by molar-refractivity contribution is -0.192. The van der Waals surface area contributed by atoms with Crippen molar-refractivity contribution in [2.75, 3.05) is 0 Å². The molecular formula is C25H23F3N2O4. The summed E-state index contributed by atoms with van der Waals surface area (Å²) >= 11 is 0. The highest BCUT2D eigenvalue weighted by molar-refractivity contribution is 5.96. The maximum absolute atomic E-state index is 14.4. The normalized spacial score (nSPS) is 24.7. The predicted octanol–water partition coefficient (Wildman–Crippen LogP) is 3.80. The van der Waals surface area contributed by atoms with Crippen molar-refractivity contribution in [1.29, 1.82) is 0 Å². The van der Waals surface area contributed by atoms with E-state index in [4.69, 9.17) is 4.74 Å². The maximum atomic E-state index is 14.4. The second kappa shape index (κ2) is 9.61. The molecule has 1 fully saturated rings. The molecule has 1 aliphatic heterocycles. The second-order valence-electron chi connectivity index (χ2n) is 8.40. The van der Waals surface area contributed by atoms with Crippen LogP contribution in [0.2, 0.25) is 0 Å². The molecule has 0 unspecified atom stereocenters. The third-order valence-corrected chi connectivity index (χ3v) is 6.14. The van der Waals surface area contributed by atoms with Crippen LogP contribution >= 0.6 is 0 Å². The lowest BCUT2D eigenvalue weighted by Gasteiger charge is -2.41. The molecule has 5 atom stereocenters. The first-order valence-electron chi connectivity index (χ1n) is 10.8. The molecule has 1 saturated heterocycles. The topological polar surface area (TPSA) is 92.5 Å². The van der Waals surface area contributed by atoms with Crippen LogP contribution in [0.4, 0.5) is 13.2 Å². The van der Waals surface area contributed by atoms with Crippen molar-refractivity contribution in [3.63, 3.8) is 0 Å². The number of pyridine rings is 2. The molecule has 34 heavy (non-hydrogen) atoms. The Labute approximate surface area is 194 Å². The molecule has 0 saturated carbocycles. The minimum Gasteiger partial charge on any atom is -0.390 e. The summed E-state index contributed by atoms with van der Waals surface area (Å²) in [6.07, 6.45) is -0.501. The van der Waals surface area contributed by atoms with Crippen molar-refractivity contribution in [3.8, 4) is 11.3 Å². The van der Waals surface area contributed by atoms with E-state index >= 15 is 0 Å². The zero-order valence-electron chi connectivity index (χ0n) is 18.5. The quantitative estimate of drug-likeness (QED) is 0.549. The second-order valence-corrected chi connectivity index (χ2v) is 8.40. The fourth-order valence-electron chi connectivity index (χ4n) is 4.18. The van der Waals surface area contributed by atoms with Crippen LogP contribution in [0.5, 0.6) is 0 Å². The van der Waals surface area contributed by atoms with Crippen LogP contribution in [-0.2, 0) is 11.2 Å². The molecular weight excluding hydrogens is 449 g/mol.